The highest BCUT2D eigenvalue weighted by Crippen LogP contribution is 2.39. The van der Waals surface area contributed by atoms with E-state index in [-0.39, 0.29) is 29.4 Å². The Morgan fingerprint density at radius 2 is 1.77 bits per heavy atom. The van der Waals surface area contributed by atoms with E-state index in [2.05, 4.69) is 10.3 Å². The van der Waals surface area contributed by atoms with E-state index in [1.165, 1.54) is 12.3 Å². The Morgan fingerprint density at radius 1 is 0.974 bits per heavy atom. The van der Waals surface area contributed by atoms with Crippen LogP contribution in [0.2, 0.25) is 0 Å². The topological polar surface area (TPSA) is 85.3 Å². The van der Waals surface area contributed by atoms with Crippen molar-refractivity contribution >= 4 is 22.5 Å². The molecule has 0 unspecified atom stereocenters. The number of rotatable bonds is 9. The number of hydrogen-bond donors (Lipinski definition) is 2. The molecule has 198 valence electrons. The van der Waals surface area contributed by atoms with Crippen molar-refractivity contribution in [2.75, 3.05) is 11.9 Å². The number of anilines is 1. The lowest BCUT2D eigenvalue weighted by Crippen LogP contribution is -2.13. The van der Waals surface area contributed by atoms with Crippen LogP contribution in [0.3, 0.4) is 0 Å². The fourth-order valence-electron chi connectivity index (χ4n) is 4.33. The molecule has 1 amide bonds. The van der Waals surface area contributed by atoms with Crippen molar-refractivity contribution < 1.29 is 23.0 Å². The fraction of sp³-hybridized carbons (Fsp3) is 0.133. The standard InChI is InChI=1S/C30H25F2N3O4/c1-35-18-24(22-13-14-33-30(37)29(22)35)23-17-20(10-12-26(23)39-27-11-9-19(31)16-25(27)32)34-28(36)8-5-15-38-21-6-3-2-4-7-21/h2-4,6-7,9-14,16-18H,5,8,15H2,1H3,(H,33,37)(H,34,36). The van der Waals surface area contributed by atoms with Crippen molar-refractivity contribution in [1.82, 2.24) is 9.55 Å². The van der Waals surface area contributed by atoms with E-state index < -0.39 is 11.6 Å². The zero-order valence-corrected chi connectivity index (χ0v) is 21.0. The second kappa shape index (κ2) is 11.2. The fourth-order valence-corrected chi connectivity index (χ4v) is 4.33. The van der Waals surface area contributed by atoms with Crippen LogP contribution in [-0.4, -0.2) is 22.1 Å². The van der Waals surface area contributed by atoms with Crippen LogP contribution in [0.4, 0.5) is 14.5 Å². The second-order valence-corrected chi connectivity index (χ2v) is 8.92. The van der Waals surface area contributed by atoms with Crippen LogP contribution in [0.1, 0.15) is 12.8 Å². The molecule has 0 radical (unpaired) electrons. The Morgan fingerprint density at radius 3 is 2.56 bits per heavy atom. The van der Waals surface area contributed by atoms with Gasteiger partial charge in [0.05, 0.1) is 6.61 Å². The van der Waals surface area contributed by atoms with Gasteiger partial charge in [-0.1, -0.05) is 18.2 Å². The summed E-state index contributed by atoms with van der Waals surface area (Å²) in [4.78, 5) is 27.8. The number of nitrogens with one attached hydrogen (secondary N) is 2. The third-order valence-electron chi connectivity index (χ3n) is 6.13. The zero-order chi connectivity index (χ0) is 27.4. The summed E-state index contributed by atoms with van der Waals surface area (Å²) in [5, 5.41) is 3.52. The van der Waals surface area contributed by atoms with Gasteiger partial charge < -0.3 is 24.3 Å². The summed E-state index contributed by atoms with van der Waals surface area (Å²) in [5.41, 5.74) is 1.83. The van der Waals surface area contributed by atoms with E-state index in [9.17, 15) is 18.4 Å². The van der Waals surface area contributed by atoms with E-state index >= 15 is 0 Å². The molecule has 0 saturated heterocycles. The molecular weight excluding hydrogens is 504 g/mol. The van der Waals surface area contributed by atoms with Crippen LogP contribution in [0, 0.1) is 11.6 Å². The summed E-state index contributed by atoms with van der Waals surface area (Å²) in [5.74, 6) is -0.936. The van der Waals surface area contributed by atoms with Crippen molar-refractivity contribution in [3.8, 4) is 28.4 Å². The van der Waals surface area contributed by atoms with Gasteiger partial charge in [0, 0.05) is 54.1 Å². The molecule has 0 bridgehead atoms. The van der Waals surface area contributed by atoms with Gasteiger partial charge >= 0.3 is 0 Å². The Labute approximate surface area is 222 Å². The molecule has 0 atom stereocenters. The number of aryl methyl sites for hydroxylation is 1. The minimum absolute atomic E-state index is 0.161. The van der Waals surface area contributed by atoms with Gasteiger partial charge in [0.25, 0.3) is 5.56 Å². The number of halogens is 2. The summed E-state index contributed by atoms with van der Waals surface area (Å²) in [6.07, 6.45) is 4.06. The monoisotopic (exact) mass is 529 g/mol. The maximum absolute atomic E-state index is 14.4. The molecular formula is C30H25F2N3O4. The lowest BCUT2D eigenvalue weighted by atomic mass is 10.0. The largest absolute Gasteiger partial charge is 0.494 e. The Bertz CT molecular complexity index is 1700. The molecule has 0 saturated carbocycles. The van der Waals surface area contributed by atoms with Crippen molar-refractivity contribution in [2.24, 2.45) is 7.05 Å². The van der Waals surface area contributed by atoms with Crippen LogP contribution >= 0.6 is 0 Å². The number of amides is 1. The predicted octanol–water partition coefficient (Wildman–Crippen LogP) is 6.40. The number of hydrogen-bond acceptors (Lipinski definition) is 4. The maximum Gasteiger partial charge on any atom is 0.272 e. The minimum Gasteiger partial charge on any atom is -0.494 e. The SMILES string of the molecule is Cn1cc(-c2cc(NC(=O)CCCOc3ccccc3)ccc2Oc2ccc(F)cc2F)c2cc[nH]c(=O)c21. The number of para-hydroxylation sites is 1. The average Bonchev–Trinajstić information content (AvgIpc) is 3.27. The number of H-pyrrole nitrogens is 1. The van der Waals surface area contributed by atoms with Crippen LogP contribution in [0.5, 0.6) is 17.2 Å². The molecule has 0 spiro atoms. The van der Waals surface area contributed by atoms with E-state index in [1.807, 2.05) is 30.3 Å². The van der Waals surface area contributed by atoms with Crippen molar-refractivity contribution in [3.05, 3.63) is 107 Å². The highest BCUT2D eigenvalue weighted by Gasteiger charge is 2.18. The number of ether oxygens (including phenoxy) is 2. The molecule has 9 heteroatoms. The summed E-state index contributed by atoms with van der Waals surface area (Å²) in [7, 11) is 1.74. The Balaban J connectivity index is 1.41. The van der Waals surface area contributed by atoms with E-state index in [1.54, 1.807) is 42.1 Å². The average molecular weight is 530 g/mol. The number of aromatic nitrogens is 2. The molecule has 0 aliphatic carbocycles. The van der Waals surface area contributed by atoms with Crippen LogP contribution in [-0.2, 0) is 11.8 Å². The second-order valence-electron chi connectivity index (χ2n) is 8.92. The van der Waals surface area contributed by atoms with Crippen molar-refractivity contribution in [3.63, 3.8) is 0 Å². The first-order chi connectivity index (χ1) is 18.9. The Hall–Kier alpha value is -4.92. The van der Waals surface area contributed by atoms with Gasteiger partial charge in [0.2, 0.25) is 5.91 Å². The minimum atomic E-state index is -0.856. The van der Waals surface area contributed by atoms with Crippen molar-refractivity contribution in [2.45, 2.75) is 12.8 Å². The summed E-state index contributed by atoms with van der Waals surface area (Å²) < 4.78 is 41.0. The molecule has 3 aromatic carbocycles. The molecule has 5 rings (SSSR count). The highest BCUT2D eigenvalue weighted by molar-refractivity contribution is 5.99. The number of nitrogens with zero attached hydrogens (tertiary/aromatic N) is 1. The number of carbonyl (C=O) groups excluding carboxylic acids is 1. The van der Waals surface area contributed by atoms with Gasteiger partial charge in [0.15, 0.2) is 11.6 Å². The third-order valence-corrected chi connectivity index (χ3v) is 6.13. The summed E-state index contributed by atoms with van der Waals surface area (Å²) >= 11 is 0. The first-order valence-corrected chi connectivity index (χ1v) is 12.3. The molecule has 0 aliphatic heterocycles. The van der Waals surface area contributed by atoms with E-state index in [0.29, 0.717) is 40.7 Å². The van der Waals surface area contributed by atoms with Crippen molar-refractivity contribution in [1.29, 1.82) is 0 Å². The van der Waals surface area contributed by atoms with Gasteiger partial charge in [-0.2, -0.15) is 0 Å². The summed E-state index contributed by atoms with van der Waals surface area (Å²) in [6.45, 7) is 0.392. The van der Waals surface area contributed by atoms with E-state index in [4.69, 9.17) is 9.47 Å². The molecule has 2 heterocycles. The third kappa shape index (κ3) is 5.82. The molecule has 2 N–H and O–H groups in total. The molecule has 0 aliphatic rings. The van der Waals surface area contributed by atoms with Gasteiger partial charge in [-0.25, -0.2) is 8.78 Å². The Kier molecular flexibility index (Phi) is 7.40. The van der Waals surface area contributed by atoms with Gasteiger partial charge in [-0.15, -0.1) is 0 Å². The lowest BCUT2D eigenvalue weighted by molar-refractivity contribution is -0.116. The number of benzene rings is 3. The molecule has 39 heavy (non-hydrogen) atoms. The quantitative estimate of drug-likeness (QED) is 0.216. The first kappa shape index (κ1) is 25.7. The summed E-state index contributed by atoms with van der Waals surface area (Å²) in [6, 6.07) is 19.1. The zero-order valence-electron chi connectivity index (χ0n) is 21.0. The number of pyridine rings is 1. The molecule has 2 aromatic heterocycles. The predicted molar refractivity (Wildman–Crippen MR) is 145 cm³/mol. The smallest absolute Gasteiger partial charge is 0.272 e. The molecule has 7 nitrogen and oxygen atoms in total. The van der Waals surface area contributed by atoms with Gasteiger partial charge in [-0.05, 0) is 55.0 Å². The normalized spacial score (nSPS) is 10.9. The lowest BCUT2D eigenvalue weighted by Gasteiger charge is -2.14. The van der Waals surface area contributed by atoms with Gasteiger partial charge in [0.1, 0.15) is 22.8 Å². The van der Waals surface area contributed by atoms with Gasteiger partial charge in [-0.3, -0.25) is 9.59 Å². The van der Waals surface area contributed by atoms with Crippen LogP contribution in [0.15, 0.2) is 90.0 Å². The van der Waals surface area contributed by atoms with Crippen LogP contribution < -0.4 is 20.3 Å². The van der Waals surface area contributed by atoms with E-state index in [0.717, 1.165) is 17.9 Å². The van der Waals surface area contributed by atoms with Crippen LogP contribution in [0.25, 0.3) is 22.0 Å². The molecule has 5 aromatic rings. The maximum atomic E-state index is 14.4. The number of aromatic amines is 1. The number of carbonyl (C=O) groups is 1. The first-order valence-electron chi connectivity index (χ1n) is 12.3. The number of fused-ring (bicyclic) bond motifs is 1. The molecule has 0 fully saturated rings. The highest BCUT2D eigenvalue weighted by atomic mass is 19.1.